The second-order valence-corrected chi connectivity index (χ2v) is 9.22. The van der Waals surface area contributed by atoms with Crippen molar-refractivity contribution in [3.63, 3.8) is 0 Å². The molecule has 1 fully saturated rings. The molecule has 6 heteroatoms. The van der Waals surface area contributed by atoms with Gasteiger partial charge in [0.2, 0.25) is 5.91 Å². The molecule has 0 bridgehead atoms. The SMILES string of the molecule is CC1CC(O)(c2cccc(Sc3cc(Cl)c4c(c3)CCC(=O)N4C)c2)CCO1. The smallest absolute Gasteiger partial charge is 0.227 e. The van der Waals surface area contributed by atoms with Gasteiger partial charge in [0.25, 0.3) is 0 Å². The van der Waals surface area contributed by atoms with Gasteiger partial charge in [-0.25, -0.2) is 0 Å². The Kier molecular flexibility index (Phi) is 5.45. The minimum atomic E-state index is -0.842. The first-order valence-electron chi connectivity index (χ1n) is 9.57. The summed E-state index contributed by atoms with van der Waals surface area (Å²) in [4.78, 5) is 15.7. The summed E-state index contributed by atoms with van der Waals surface area (Å²) >= 11 is 8.13. The normalized spacial score (nSPS) is 24.9. The molecule has 2 atom stereocenters. The van der Waals surface area contributed by atoms with E-state index < -0.39 is 5.60 Å². The fourth-order valence-corrected chi connectivity index (χ4v) is 5.51. The third-order valence-electron chi connectivity index (χ3n) is 5.58. The fraction of sp³-hybridized carbons (Fsp3) is 0.409. The molecule has 2 aromatic carbocycles. The third-order valence-corrected chi connectivity index (χ3v) is 6.83. The Morgan fingerprint density at radius 3 is 2.86 bits per heavy atom. The molecule has 0 spiro atoms. The summed E-state index contributed by atoms with van der Waals surface area (Å²) in [6.07, 6.45) is 2.48. The van der Waals surface area contributed by atoms with E-state index in [9.17, 15) is 9.90 Å². The van der Waals surface area contributed by atoms with Gasteiger partial charge in [-0.2, -0.15) is 0 Å². The van der Waals surface area contributed by atoms with Crippen LogP contribution in [-0.4, -0.2) is 30.8 Å². The van der Waals surface area contributed by atoms with E-state index in [0.717, 1.165) is 26.6 Å². The second-order valence-electron chi connectivity index (χ2n) is 7.66. The highest BCUT2D eigenvalue weighted by atomic mass is 35.5. The van der Waals surface area contributed by atoms with Crippen molar-refractivity contribution in [1.82, 2.24) is 0 Å². The average molecular weight is 418 g/mol. The number of amides is 1. The highest BCUT2D eigenvalue weighted by molar-refractivity contribution is 7.99. The molecule has 0 aromatic heterocycles. The summed E-state index contributed by atoms with van der Waals surface area (Å²) in [5.41, 5.74) is 2.01. The second kappa shape index (κ2) is 7.71. The molecule has 4 rings (SSSR count). The molecular weight excluding hydrogens is 394 g/mol. The predicted octanol–water partition coefficient (Wildman–Crippen LogP) is 4.79. The van der Waals surface area contributed by atoms with Crippen LogP contribution in [0.25, 0.3) is 0 Å². The first kappa shape index (κ1) is 19.8. The van der Waals surface area contributed by atoms with Crippen molar-refractivity contribution in [2.75, 3.05) is 18.6 Å². The quantitative estimate of drug-likeness (QED) is 0.780. The summed E-state index contributed by atoms with van der Waals surface area (Å²) < 4.78 is 5.60. The van der Waals surface area contributed by atoms with E-state index in [2.05, 4.69) is 12.1 Å². The van der Waals surface area contributed by atoms with Gasteiger partial charge in [0.05, 0.1) is 29.0 Å². The topological polar surface area (TPSA) is 49.8 Å². The van der Waals surface area contributed by atoms with Crippen LogP contribution < -0.4 is 4.90 Å². The van der Waals surface area contributed by atoms with Crippen LogP contribution in [-0.2, 0) is 21.6 Å². The first-order valence-corrected chi connectivity index (χ1v) is 10.8. The maximum Gasteiger partial charge on any atom is 0.227 e. The number of hydrogen-bond acceptors (Lipinski definition) is 4. The van der Waals surface area contributed by atoms with E-state index in [-0.39, 0.29) is 12.0 Å². The first-order chi connectivity index (χ1) is 13.4. The van der Waals surface area contributed by atoms with Gasteiger partial charge in [0.15, 0.2) is 0 Å². The summed E-state index contributed by atoms with van der Waals surface area (Å²) in [6, 6.07) is 12.1. The van der Waals surface area contributed by atoms with Crippen LogP contribution in [0.4, 0.5) is 5.69 Å². The Morgan fingerprint density at radius 1 is 1.25 bits per heavy atom. The minimum absolute atomic E-state index is 0.0502. The van der Waals surface area contributed by atoms with Crippen LogP contribution in [0, 0.1) is 0 Å². The highest BCUT2D eigenvalue weighted by Crippen LogP contribution is 2.41. The lowest BCUT2D eigenvalue weighted by Crippen LogP contribution is -2.37. The Hall–Kier alpha value is -1.53. The zero-order chi connectivity index (χ0) is 19.9. The van der Waals surface area contributed by atoms with Crippen molar-refractivity contribution in [2.24, 2.45) is 0 Å². The number of aryl methyl sites for hydroxylation is 1. The van der Waals surface area contributed by atoms with E-state index in [1.807, 2.05) is 31.2 Å². The van der Waals surface area contributed by atoms with Gasteiger partial charge in [-0.1, -0.05) is 35.5 Å². The van der Waals surface area contributed by atoms with E-state index in [4.69, 9.17) is 16.3 Å². The number of aliphatic hydroxyl groups is 1. The summed E-state index contributed by atoms with van der Waals surface area (Å²) in [5, 5.41) is 11.7. The van der Waals surface area contributed by atoms with Gasteiger partial charge in [-0.3, -0.25) is 4.79 Å². The van der Waals surface area contributed by atoms with Crippen LogP contribution >= 0.6 is 23.4 Å². The van der Waals surface area contributed by atoms with Crippen LogP contribution in [0.15, 0.2) is 46.2 Å². The van der Waals surface area contributed by atoms with E-state index in [1.165, 1.54) is 0 Å². The predicted molar refractivity (Wildman–Crippen MR) is 112 cm³/mol. The lowest BCUT2D eigenvalue weighted by Gasteiger charge is -2.36. The molecule has 2 unspecified atom stereocenters. The molecule has 4 nitrogen and oxygen atoms in total. The van der Waals surface area contributed by atoms with Crippen molar-refractivity contribution >= 4 is 35.0 Å². The molecule has 2 aliphatic heterocycles. The molecule has 2 aromatic rings. The van der Waals surface area contributed by atoms with E-state index in [0.29, 0.717) is 37.3 Å². The van der Waals surface area contributed by atoms with Gasteiger partial charge in [-0.05, 0) is 48.7 Å². The summed E-state index contributed by atoms with van der Waals surface area (Å²) in [5.74, 6) is 0.0986. The van der Waals surface area contributed by atoms with Gasteiger partial charge in [-0.15, -0.1) is 0 Å². The van der Waals surface area contributed by atoms with E-state index in [1.54, 1.807) is 23.7 Å². The zero-order valence-electron chi connectivity index (χ0n) is 16.1. The van der Waals surface area contributed by atoms with Crippen molar-refractivity contribution in [2.45, 2.75) is 54.1 Å². The maximum absolute atomic E-state index is 12.0. The van der Waals surface area contributed by atoms with Crippen molar-refractivity contribution in [3.8, 4) is 0 Å². The number of carbonyl (C=O) groups is 1. The number of carbonyl (C=O) groups excluding carboxylic acids is 1. The molecule has 148 valence electrons. The Labute approximate surface area is 174 Å². The molecule has 1 N–H and O–H groups in total. The Bertz CT molecular complexity index is 919. The number of halogens is 1. The molecule has 2 aliphatic rings. The largest absolute Gasteiger partial charge is 0.385 e. The van der Waals surface area contributed by atoms with Crippen molar-refractivity contribution in [1.29, 1.82) is 0 Å². The third kappa shape index (κ3) is 3.81. The highest BCUT2D eigenvalue weighted by Gasteiger charge is 2.35. The van der Waals surface area contributed by atoms with Gasteiger partial charge < -0.3 is 14.7 Å². The number of anilines is 1. The number of benzene rings is 2. The van der Waals surface area contributed by atoms with Gasteiger partial charge in [0.1, 0.15) is 0 Å². The van der Waals surface area contributed by atoms with Gasteiger partial charge >= 0.3 is 0 Å². The number of hydrogen-bond donors (Lipinski definition) is 1. The number of rotatable bonds is 3. The summed E-state index contributed by atoms with van der Waals surface area (Å²) in [6.45, 7) is 2.57. The fourth-order valence-electron chi connectivity index (χ4n) is 4.10. The Morgan fingerprint density at radius 2 is 2.07 bits per heavy atom. The van der Waals surface area contributed by atoms with Crippen LogP contribution in [0.1, 0.15) is 37.3 Å². The molecule has 0 radical (unpaired) electrons. The Balaban J connectivity index is 1.60. The molecule has 1 amide bonds. The number of fused-ring (bicyclic) bond motifs is 1. The number of ether oxygens (including phenoxy) is 1. The minimum Gasteiger partial charge on any atom is -0.385 e. The number of nitrogens with zero attached hydrogens (tertiary/aromatic N) is 1. The average Bonchev–Trinajstić information content (AvgIpc) is 2.65. The van der Waals surface area contributed by atoms with Crippen molar-refractivity contribution < 1.29 is 14.6 Å². The van der Waals surface area contributed by atoms with Crippen molar-refractivity contribution in [3.05, 3.63) is 52.5 Å². The molecule has 1 saturated heterocycles. The maximum atomic E-state index is 12.0. The summed E-state index contributed by atoms with van der Waals surface area (Å²) in [7, 11) is 1.78. The lowest BCUT2D eigenvalue weighted by molar-refractivity contribution is -0.118. The lowest BCUT2D eigenvalue weighted by atomic mass is 9.84. The zero-order valence-corrected chi connectivity index (χ0v) is 17.6. The van der Waals surface area contributed by atoms with Crippen LogP contribution in [0.2, 0.25) is 5.02 Å². The molecule has 2 heterocycles. The molecule has 0 saturated carbocycles. The van der Waals surface area contributed by atoms with Gasteiger partial charge in [0, 0.05) is 36.1 Å². The van der Waals surface area contributed by atoms with E-state index >= 15 is 0 Å². The molecule has 28 heavy (non-hydrogen) atoms. The molecule has 0 aliphatic carbocycles. The monoisotopic (exact) mass is 417 g/mol. The molecular formula is C22H24ClNO3S. The van der Waals surface area contributed by atoms with Crippen LogP contribution in [0.5, 0.6) is 0 Å². The van der Waals surface area contributed by atoms with Crippen LogP contribution in [0.3, 0.4) is 0 Å². The standard InChI is InChI=1S/C22H24ClNO3S/c1-14-13-22(26,8-9-27-14)16-4-3-5-17(11-16)28-18-10-15-6-7-20(25)24(2)21(15)19(23)12-18/h3-5,10-12,14,26H,6-9,13H2,1-2H3.